The first-order valence-electron chi connectivity index (χ1n) is 12.3. The Morgan fingerprint density at radius 2 is 1.75 bits per heavy atom. The van der Waals surface area contributed by atoms with Crippen LogP contribution in [0.5, 0.6) is 11.5 Å². The van der Waals surface area contributed by atoms with Gasteiger partial charge in [0.15, 0.2) is 0 Å². The normalized spacial score (nSPS) is 12.3. The maximum atomic E-state index is 14.0. The highest BCUT2D eigenvalue weighted by atomic mass is 79.9. The van der Waals surface area contributed by atoms with Gasteiger partial charge < -0.3 is 14.4 Å². The minimum absolute atomic E-state index is 0.0504. The van der Waals surface area contributed by atoms with E-state index >= 15 is 0 Å². The summed E-state index contributed by atoms with van der Waals surface area (Å²) >= 11 is 3.62. The quantitative estimate of drug-likeness (QED) is 0.299. The highest BCUT2D eigenvalue weighted by molar-refractivity contribution is 9.10. The summed E-state index contributed by atoms with van der Waals surface area (Å²) in [7, 11) is 3.13. The number of hydrogen-bond acceptors (Lipinski definition) is 5. The van der Waals surface area contributed by atoms with Gasteiger partial charge >= 0.3 is 0 Å². The number of aromatic nitrogens is 2. The molecular formula is C28H36BrN3O4. The number of ether oxygens (including phenoxy) is 2. The summed E-state index contributed by atoms with van der Waals surface area (Å²) in [6.07, 6.45) is 1.28. The third kappa shape index (κ3) is 5.91. The van der Waals surface area contributed by atoms with Gasteiger partial charge in [-0.25, -0.2) is 4.98 Å². The fourth-order valence-corrected chi connectivity index (χ4v) is 4.76. The van der Waals surface area contributed by atoms with Crippen molar-refractivity contribution in [2.75, 3.05) is 20.8 Å². The van der Waals surface area contributed by atoms with Crippen LogP contribution in [0.4, 0.5) is 0 Å². The Kier molecular flexibility index (Phi) is 9.17. The highest BCUT2D eigenvalue weighted by Gasteiger charge is 2.28. The van der Waals surface area contributed by atoms with Gasteiger partial charge in [0.2, 0.25) is 5.91 Å². The molecule has 36 heavy (non-hydrogen) atoms. The summed E-state index contributed by atoms with van der Waals surface area (Å²) in [5.41, 5.74) is 0.904. The molecule has 2 aromatic carbocycles. The number of amides is 1. The number of carbonyl (C=O) groups excluding carboxylic acids is 1. The van der Waals surface area contributed by atoms with Crippen molar-refractivity contribution in [2.24, 2.45) is 11.8 Å². The molecule has 0 aliphatic heterocycles. The van der Waals surface area contributed by atoms with Crippen molar-refractivity contribution in [3.8, 4) is 17.2 Å². The lowest BCUT2D eigenvalue weighted by Crippen LogP contribution is -2.39. The minimum Gasteiger partial charge on any atom is -0.497 e. The van der Waals surface area contributed by atoms with Crippen molar-refractivity contribution < 1.29 is 14.3 Å². The summed E-state index contributed by atoms with van der Waals surface area (Å²) in [5.74, 6) is 2.24. The van der Waals surface area contributed by atoms with Gasteiger partial charge in [-0.1, -0.05) is 39.8 Å². The number of methoxy groups -OCH3 is 2. The van der Waals surface area contributed by atoms with Gasteiger partial charge in [0, 0.05) is 25.1 Å². The summed E-state index contributed by atoms with van der Waals surface area (Å²) in [5, 5.41) is 0.490. The Balaban J connectivity index is 2.32. The number of para-hydroxylation sites is 1. The molecule has 1 aromatic heterocycles. The van der Waals surface area contributed by atoms with E-state index in [1.807, 2.05) is 43.9 Å². The predicted octanol–water partition coefficient (Wildman–Crippen LogP) is 6.15. The van der Waals surface area contributed by atoms with Gasteiger partial charge in [0.05, 0.1) is 41.3 Å². The molecule has 0 saturated heterocycles. The molecule has 1 unspecified atom stereocenters. The van der Waals surface area contributed by atoms with Crippen molar-refractivity contribution in [3.05, 3.63) is 57.0 Å². The molecule has 0 N–H and O–H groups in total. The summed E-state index contributed by atoms with van der Waals surface area (Å²) in [4.78, 5) is 34.2. The van der Waals surface area contributed by atoms with Gasteiger partial charge in [-0.2, -0.15) is 0 Å². The number of nitrogens with zero attached hydrogens (tertiary/aromatic N) is 3. The maximum absolute atomic E-state index is 14.0. The first kappa shape index (κ1) is 27.7. The van der Waals surface area contributed by atoms with E-state index in [0.29, 0.717) is 57.3 Å². The topological polar surface area (TPSA) is 73.7 Å². The van der Waals surface area contributed by atoms with Crippen molar-refractivity contribution in [1.29, 1.82) is 0 Å². The van der Waals surface area contributed by atoms with Crippen molar-refractivity contribution >= 4 is 32.7 Å². The third-order valence-electron chi connectivity index (χ3n) is 6.18. The average molecular weight is 559 g/mol. The Morgan fingerprint density at radius 3 is 2.36 bits per heavy atom. The lowest BCUT2D eigenvalue weighted by atomic mass is 10.1. The van der Waals surface area contributed by atoms with Gasteiger partial charge in [-0.05, 0) is 53.2 Å². The van der Waals surface area contributed by atoms with Gasteiger partial charge in [0.1, 0.15) is 17.3 Å². The molecule has 1 amide bonds. The summed E-state index contributed by atoms with van der Waals surface area (Å²) < 4.78 is 13.2. The number of fused-ring (bicyclic) bond motifs is 1. The van der Waals surface area contributed by atoms with Crippen LogP contribution in [0.1, 0.15) is 59.3 Å². The molecule has 1 atom stereocenters. The zero-order valence-corrected chi connectivity index (χ0v) is 23.8. The molecular weight excluding hydrogens is 522 g/mol. The van der Waals surface area contributed by atoms with E-state index in [-0.39, 0.29) is 17.4 Å². The fourth-order valence-electron chi connectivity index (χ4n) is 4.19. The van der Waals surface area contributed by atoms with Gasteiger partial charge in [0.25, 0.3) is 5.56 Å². The Bertz CT molecular complexity index is 1290. The number of carbonyl (C=O) groups is 1. The minimum atomic E-state index is -0.448. The second-order valence-electron chi connectivity index (χ2n) is 9.83. The van der Waals surface area contributed by atoms with Crippen molar-refractivity contribution in [3.63, 3.8) is 0 Å². The summed E-state index contributed by atoms with van der Waals surface area (Å²) in [6.45, 7) is 10.9. The average Bonchev–Trinajstić information content (AvgIpc) is 2.83. The Morgan fingerprint density at radius 1 is 1.06 bits per heavy atom. The molecule has 0 fully saturated rings. The molecule has 0 spiro atoms. The van der Waals surface area contributed by atoms with Gasteiger partial charge in [-0.15, -0.1) is 0 Å². The molecule has 8 heteroatoms. The van der Waals surface area contributed by atoms with Crippen molar-refractivity contribution in [2.45, 2.75) is 53.5 Å². The van der Waals surface area contributed by atoms with Crippen LogP contribution in [0, 0.1) is 11.8 Å². The van der Waals surface area contributed by atoms with E-state index in [0.717, 1.165) is 6.42 Å². The molecule has 0 bridgehead atoms. The largest absolute Gasteiger partial charge is 0.497 e. The number of benzene rings is 2. The third-order valence-corrected chi connectivity index (χ3v) is 6.98. The van der Waals surface area contributed by atoms with E-state index in [9.17, 15) is 9.59 Å². The smallest absolute Gasteiger partial charge is 0.266 e. The molecule has 0 aliphatic rings. The van der Waals surface area contributed by atoms with Crippen LogP contribution in [0.15, 0.2) is 45.7 Å². The molecule has 0 radical (unpaired) electrons. The number of hydrogen-bond donors (Lipinski definition) is 0. The number of rotatable bonds is 10. The predicted molar refractivity (Wildman–Crippen MR) is 147 cm³/mol. The monoisotopic (exact) mass is 557 g/mol. The van der Waals surface area contributed by atoms with Crippen molar-refractivity contribution in [1.82, 2.24) is 14.5 Å². The van der Waals surface area contributed by atoms with Crippen LogP contribution in [-0.2, 0) is 4.79 Å². The summed E-state index contributed by atoms with van der Waals surface area (Å²) in [6, 6.07) is 10.3. The fraction of sp³-hybridized carbons (Fsp3) is 0.464. The van der Waals surface area contributed by atoms with E-state index in [2.05, 4.69) is 29.8 Å². The van der Waals surface area contributed by atoms with Crippen LogP contribution in [0.25, 0.3) is 16.6 Å². The highest BCUT2D eigenvalue weighted by Crippen LogP contribution is 2.37. The lowest BCUT2D eigenvalue weighted by molar-refractivity contribution is -0.134. The Labute approximate surface area is 221 Å². The molecule has 3 rings (SSSR count). The zero-order chi connectivity index (χ0) is 26.6. The standard InChI is InChI=1S/C28H36BrN3O4/c1-17(2)12-13-31(25(33)14-18(3)4)19(5)27-30-22-11-9-8-10-21(22)28(34)32(27)23-15-20(35-6)16-24(36-7)26(23)29/h8-11,15-19H,12-14H2,1-7H3. The number of halogens is 1. The lowest BCUT2D eigenvalue weighted by Gasteiger charge is -2.32. The van der Waals surface area contributed by atoms with E-state index in [1.165, 1.54) is 0 Å². The van der Waals surface area contributed by atoms with Crippen LogP contribution in [0.3, 0.4) is 0 Å². The SMILES string of the molecule is COc1cc(OC)c(Br)c(-n2c(C(C)N(CCC(C)C)C(=O)CC(C)C)nc3ccccc3c2=O)c1. The second-order valence-corrected chi connectivity index (χ2v) is 10.6. The van der Waals surface area contributed by atoms with Crippen LogP contribution in [0.2, 0.25) is 0 Å². The first-order chi connectivity index (χ1) is 17.1. The van der Waals surface area contributed by atoms with Gasteiger partial charge in [-0.3, -0.25) is 14.2 Å². The maximum Gasteiger partial charge on any atom is 0.266 e. The van der Waals surface area contributed by atoms with Crippen LogP contribution in [-0.4, -0.2) is 41.1 Å². The molecule has 1 heterocycles. The molecule has 0 aliphatic carbocycles. The van der Waals surface area contributed by atoms with E-state index < -0.39 is 6.04 Å². The van der Waals surface area contributed by atoms with Crippen LogP contribution >= 0.6 is 15.9 Å². The zero-order valence-electron chi connectivity index (χ0n) is 22.2. The molecule has 194 valence electrons. The molecule has 7 nitrogen and oxygen atoms in total. The van der Waals surface area contributed by atoms with E-state index in [1.54, 1.807) is 37.0 Å². The van der Waals surface area contributed by atoms with E-state index in [4.69, 9.17) is 14.5 Å². The first-order valence-corrected chi connectivity index (χ1v) is 13.1. The van der Waals surface area contributed by atoms with Crippen LogP contribution < -0.4 is 15.0 Å². The second kappa shape index (κ2) is 11.9. The Hall–Kier alpha value is -2.87. The molecule has 3 aromatic rings. The molecule has 0 saturated carbocycles.